The predicted octanol–water partition coefficient (Wildman–Crippen LogP) is 3.32. The van der Waals surface area contributed by atoms with Crippen LogP contribution in [0.25, 0.3) is 10.9 Å². The Balaban J connectivity index is 2.24. The van der Waals surface area contributed by atoms with Crippen molar-refractivity contribution in [3.05, 3.63) is 30.0 Å². The number of hydrogen-bond acceptors (Lipinski definition) is 2. The Morgan fingerprint density at radius 1 is 1.20 bits per heavy atom. The first-order valence-electron chi connectivity index (χ1n) is 7.19. The molecule has 0 spiro atoms. The molecule has 1 amide bonds. The number of aromatic nitrogens is 2. The number of carbonyl (C=O) groups is 1. The lowest BCUT2D eigenvalue weighted by molar-refractivity contribution is 0.0715. The van der Waals surface area contributed by atoms with Crippen molar-refractivity contribution < 1.29 is 4.79 Å². The van der Waals surface area contributed by atoms with Gasteiger partial charge in [-0.15, -0.1) is 0 Å². The average Bonchev–Trinajstić information content (AvgIpc) is 2.83. The minimum absolute atomic E-state index is 0.101. The van der Waals surface area contributed by atoms with Gasteiger partial charge in [0.15, 0.2) is 0 Å². The van der Waals surface area contributed by atoms with Gasteiger partial charge in [-0.2, -0.15) is 5.10 Å². The van der Waals surface area contributed by atoms with Crippen LogP contribution in [0.15, 0.2) is 24.4 Å². The third-order valence-corrected chi connectivity index (χ3v) is 3.15. The predicted molar refractivity (Wildman–Crippen MR) is 81.7 cm³/mol. The van der Waals surface area contributed by atoms with E-state index < -0.39 is 0 Å². The van der Waals surface area contributed by atoms with Gasteiger partial charge in [-0.05, 0) is 24.0 Å². The molecule has 0 aliphatic heterocycles. The number of carbonyl (C=O) groups excluding carboxylic acids is 1. The van der Waals surface area contributed by atoms with Gasteiger partial charge >= 0.3 is 0 Å². The fourth-order valence-corrected chi connectivity index (χ4v) is 2.37. The Bertz CT molecular complexity index is 576. The van der Waals surface area contributed by atoms with E-state index in [9.17, 15) is 4.79 Å². The number of amides is 1. The summed E-state index contributed by atoms with van der Waals surface area (Å²) in [5.41, 5.74) is 1.63. The normalized spacial score (nSPS) is 11.5. The molecule has 0 saturated carbocycles. The number of nitrogens with zero attached hydrogens (tertiary/aromatic N) is 2. The Hall–Kier alpha value is -1.84. The molecular weight excluding hydrogens is 250 g/mol. The number of H-pyrrole nitrogens is 1. The van der Waals surface area contributed by atoms with Crippen molar-refractivity contribution in [2.45, 2.75) is 27.7 Å². The van der Waals surface area contributed by atoms with Crippen LogP contribution in [-0.2, 0) is 0 Å². The first-order chi connectivity index (χ1) is 9.47. The third-order valence-electron chi connectivity index (χ3n) is 3.15. The van der Waals surface area contributed by atoms with Gasteiger partial charge in [0.1, 0.15) is 0 Å². The molecule has 0 unspecified atom stereocenters. The second-order valence-electron chi connectivity index (χ2n) is 6.17. The van der Waals surface area contributed by atoms with Gasteiger partial charge in [-0.1, -0.05) is 33.8 Å². The lowest BCUT2D eigenvalue weighted by Crippen LogP contribution is -2.37. The number of rotatable bonds is 5. The van der Waals surface area contributed by atoms with Crippen LogP contribution in [-0.4, -0.2) is 34.1 Å². The molecule has 2 rings (SSSR count). The van der Waals surface area contributed by atoms with Crippen LogP contribution in [0.2, 0.25) is 0 Å². The molecule has 0 saturated heterocycles. The summed E-state index contributed by atoms with van der Waals surface area (Å²) in [5.74, 6) is 1.03. The summed E-state index contributed by atoms with van der Waals surface area (Å²) in [6.45, 7) is 10.1. The van der Waals surface area contributed by atoms with Crippen molar-refractivity contribution in [2.24, 2.45) is 11.8 Å². The van der Waals surface area contributed by atoms with Crippen LogP contribution in [0.5, 0.6) is 0 Å². The molecule has 1 N–H and O–H groups in total. The highest BCUT2D eigenvalue weighted by atomic mass is 16.2. The first kappa shape index (κ1) is 14.6. The maximum atomic E-state index is 12.7. The fraction of sp³-hybridized carbons (Fsp3) is 0.500. The maximum absolute atomic E-state index is 12.7. The molecule has 0 atom stereocenters. The summed E-state index contributed by atoms with van der Waals surface area (Å²) in [6.07, 6.45) is 1.77. The zero-order valence-electron chi connectivity index (χ0n) is 12.7. The second-order valence-corrected chi connectivity index (χ2v) is 6.17. The van der Waals surface area contributed by atoms with Crippen molar-refractivity contribution in [1.29, 1.82) is 0 Å². The largest absolute Gasteiger partial charge is 0.338 e. The molecule has 108 valence electrons. The fourth-order valence-electron chi connectivity index (χ4n) is 2.37. The lowest BCUT2D eigenvalue weighted by Gasteiger charge is -2.26. The van der Waals surface area contributed by atoms with E-state index in [4.69, 9.17) is 0 Å². The van der Waals surface area contributed by atoms with Gasteiger partial charge < -0.3 is 4.90 Å². The Morgan fingerprint density at radius 3 is 2.45 bits per heavy atom. The van der Waals surface area contributed by atoms with Gasteiger partial charge in [0, 0.05) is 24.0 Å². The van der Waals surface area contributed by atoms with Gasteiger partial charge in [0.25, 0.3) is 5.91 Å². The SMILES string of the molecule is CC(C)CN(CC(C)C)C(=O)c1ccc2cn[nH]c2c1. The van der Waals surface area contributed by atoms with E-state index in [-0.39, 0.29) is 5.91 Å². The number of aromatic amines is 1. The van der Waals surface area contributed by atoms with Crippen LogP contribution < -0.4 is 0 Å². The summed E-state index contributed by atoms with van der Waals surface area (Å²) in [4.78, 5) is 14.6. The van der Waals surface area contributed by atoms with E-state index in [1.165, 1.54) is 0 Å². The monoisotopic (exact) mass is 273 g/mol. The van der Waals surface area contributed by atoms with Gasteiger partial charge in [-0.3, -0.25) is 9.89 Å². The van der Waals surface area contributed by atoms with E-state index >= 15 is 0 Å². The Morgan fingerprint density at radius 2 is 1.85 bits per heavy atom. The summed E-state index contributed by atoms with van der Waals surface area (Å²) in [5, 5.41) is 7.94. The van der Waals surface area contributed by atoms with Crippen LogP contribution in [0, 0.1) is 11.8 Å². The molecule has 2 aromatic rings. The van der Waals surface area contributed by atoms with E-state index in [0.717, 1.165) is 29.6 Å². The van der Waals surface area contributed by atoms with E-state index in [0.29, 0.717) is 11.8 Å². The van der Waals surface area contributed by atoms with Crippen LogP contribution in [0.3, 0.4) is 0 Å². The van der Waals surface area contributed by atoms with Crippen molar-refractivity contribution in [1.82, 2.24) is 15.1 Å². The van der Waals surface area contributed by atoms with Gasteiger partial charge in [-0.25, -0.2) is 0 Å². The standard InChI is InChI=1S/C16H23N3O/c1-11(2)9-19(10-12(3)4)16(20)13-5-6-14-8-17-18-15(14)7-13/h5-8,11-12H,9-10H2,1-4H3,(H,17,18). The molecule has 4 nitrogen and oxygen atoms in total. The number of fused-ring (bicyclic) bond motifs is 1. The molecule has 4 heteroatoms. The van der Waals surface area contributed by atoms with Crippen LogP contribution in [0.4, 0.5) is 0 Å². The Labute approximate surface area is 120 Å². The lowest BCUT2D eigenvalue weighted by atomic mass is 10.1. The molecule has 0 aliphatic rings. The molecule has 20 heavy (non-hydrogen) atoms. The van der Waals surface area contributed by atoms with Crippen molar-refractivity contribution in [2.75, 3.05) is 13.1 Å². The molecule has 0 bridgehead atoms. The summed E-state index contributed by atoms with van der Waals surface area (Å²) >= 11 is 0. The second kappa shape index (κ2) is 6.07. The zero-order valence-corrected chi connectivity index (χ0v) is 12.7. The van der Waals surface area contributed by atoms with Crippen molar-refractivity contribution in [3.8, 4) is 0 Å². The van der Waals surface area contributed by atoms with E-state index in [1.54, 1.807) is 6.20 Å². The molecule has 1 aromatic heterocycles. The molecule has 0 fully saturated rings. The maximum Gasteiger partial charge on any atom is 0.253 e. The van der Waals surface area contributed by atoms with Crippen LogP contribution in [0.1, 0.15) is 38.1 Å². The zero-order chi connectivity index (χ0) is 14.7. The van der Waals surface area contributed by atoms with Gasteiger partial charge in [0.2, 0.25) is 0 Å². The number of nitrogens with one attached hydrogen (secondary N) is 1. The Kier molecular flexibility index (Phi) is 4.42. The van der Waals surface area contributed by atoms with E-state index in [1.807, 2.05) is 23.1 Å². The molecular formula is C16H23N3O. The summed E-state index contributed by atoms with van der Waals surface area (Å²) < 4.78 is 0. The first-order valence-corrected chi connectivity index (χ1v) is 7.19. The highest BCUT2D eigenvalue weighted by Gasteiger charge is 2.18. The molecule has 0 aliphatic carbocycles. The topological polar surface area (TPSA) is 49.0 Å². The number of benzene rings is 1. The van der Waals surface area contributed by atoms with Crippen molar-refractivity contribution >= 4 is 16.8 Å². The van der Waals surface area contributed by atoms with Gasteiger partial charge in [0.05, 0.1) is 11.7 Å². The third kappa shape index (κ3) is 3.38. The molecule has 0 radical (unpaired) electrons. The smallest absolute Gasteiger partial charge is 0.253 e. The minimum Gasteiger partial charge on any atom is -0.338 e. The summed E-state index contributed by atoms with van der Waals surface area (Å²) in [6, 6.07) is 5.71. The van der Waals surface area contributed by atoms with E-state index in [2.05, 4.69) is 37.9 Å². The van der Waals surface area contributed by atoms with Crippen LogP contribution >= 0.6 is 0 Å². The quantitative estimate of drug-likeness (QED) is 0.908. The highest BCUT2D eigenvalue weighted by molar-refractivity contribution is 5.97. The summed E-state index contributed by atoms with van der Waals surface area (Å²) in [7, 11) is 0. The highest BCUT2D eigenvalue weighted by Crippen LogP contribution is 2.16. The minimum atomic E-state index is 0.101. The molecule has 1 heterocycles. The number of hydrogen-bond donors (Lipinski definition) is 1. The molecule has 1 aromatic carbocycles. The van der Waals surface area contributed by atoms with Crippen molar-refractivity contribution in [3.63, 3.8) is 0 Å². The average molecular weight is 273 g/mol.